The number of nitrogens with zero attached hydrogens (tertiary/aromatic N) is 1. The topological polar surface area (TPSA) is 44.4 Å². The molecule has 0 bridgehead atoms. The Hall–Kier alpha value is -0.620. The van der Waals surface area contributed by atoms with Crippen molar-refractivity contribution in [3.63, 3.8) is 0 Å². The lowest BCUT2D eigenvalue weighted by Gasteiger charge is -2.40. The maximum Gasteiger partial charge on any atom is 0.240 e. The van der Waals surface area contributed by atoms with Crippen LogP contribution in [0, 0.1) is 0 Å². The molecule has 0 spiro atoms. The SMILES string of the molecule is CC(NC(=O)C(C)(C)N1CCNCC1)c1ccc(Cl)s1. The largest absolute Gasteiger partial charge is 0.347 e. The van der Waals surface area contributed by atoms with Gasteiger partial charge in [0.25, 0.3) is 0 Å². The van der Waals surface area contributed by atoms with Crippen molar-refractivity contribution in [2.75, 3.05) is 26.2 Å². The minimum absolute atomic E-state index is 0.0119. The van der Waals surface area contributed by atoms with Crippen molar-refractivity contribution in [1.29, 1.82) is 0 Å². The van der Waals surface area contributed by atoms with E-state index in [1.54, 1.807) is 0 Å². The van der Waals surface area contributed by atoms with Crippen molar-refractivity contribution in [1.82, 2.24) is 15.5 Å². The second-order valence-electron chi connectivity index (χ2n) is 5.63. The van der Waals surface area contributed by atoms with Gasteiger partial charge in [0.1, 0.15) is 0 Å². The third-order valence-electron chi connectivity index (χ3n) is 3.83. The summed E-state index contributed by atoms with van der Waals surface area (Å²) in [5.41, 5.74) is -0.489. The zero-order valence-corrected chi connectivity index (χ0v) is 13.8. The molecule has 1 aliphatic rings. The lowest BCUT2D eigenvalue weighted by molar-refractivity contribution is -0.132. The highest BCUT2D eigenvalue weighted by atomic mass is 35.5. The summed E-state index contributed by atoms with van der Waals surface area (Å²) in [5, 5.41) is 6.41. The van der Waals surface area contributed by atoms with E-state index in [9.17, 15) is 4.79 Å². The highest BCUT2D eigenvalue weighted by molar-refractivity contribution is 7.16. The van der Waals surface area contributed by atoms with Gasteiger partial charge in [-0.25, -0.2) is 0 Å². The second kappa shape index (κ2) is 6.43. The van der Waals surface area contributed by atoms with Crippen LogP contribution in [0.5, 0.6) is 0 Å². The Balaban J connectivity index is 1.99. The van der Waals surface area contributed by atoms with Crippen molar-refractivity contribution in [2.24, 2.45) is 0 Å². The molecule has 1 atom stereocenters. The molecule has 1 fully saturated rings. The number of carbonyl (C=O) groups is 1. The fourth-order valence-corrected chi connectivity index (χ4v) is 3.44. The first-order valence-electron chi connectivity index (χ1n) is 6.93. The van der Waals surface area contributed by atoms with E-state index in [1.807, 2.05) is 32.9 Å². The van der Waals surface area contributed by atoms with E-state index >= 15 is 0 Å². The first-order valence-corrected chi connectivity index (χ1v) is 8.12. The third-order valence-corrected chi connectivity index (χ3v) is 5.25. The predicted octanol–water partition coefficient (Wildman–Crippen LogP) is 2.26. The van der Waals surface area contributed by atoms with Crippen LogP contribution in [0.3, 0.4) is 0 Å². The van der Waals surface area contributed by atoms with Gasteiger partial charge < -0.3 is 10.6 Å². The van der Waals surface area contributed by atoms with Gasteiger partial charge in [-0.2, -0.15) is 0 Å². The van der Waals surface area contributed by atoms with Crippen molar-refractivity contribution in [3.8, 4) is 0 Å². The Morgan fingerprint density at radius 2 is 2.10 bits per heavy atom. The van der Waals surface area contributed by atoms with Gasteiger partial charge in [-0.1, -0.05) is 11.6 Å². The van der Waals surface area contributed by atoms with Crippen LogP contribution in [-0.2, 0) is 4.79 Å². The number of amides is 1. The predicted molar refractivity (Wildman–Crippen MR) is 84.4 cm³/mol. The molecule has 6 heteroatoms. The molecule has 2 heterocycles. The molecule has 1 aliphatic heterocycles. The Kier molecular flexibility index (Phi) is 5.07. The van der Waals surface area contributed by atoms with E-state index in [-0.39, 0.29) is 11.9 Å². The van der Waals surface area contributed by atoms with Crippen molar-refractivity contribution < 1.29 is 4.79 Å². The molecule has 0 aromatic carbocycles. The maximum absolute atomic E-state index is 12.6. The van der Waals surface area contributed by atoms with E-state index in [1.165, 1.54) is 11.3 Å². The van der Waals surface area contributed by atoms with Gasteiger partial charge in [-0.3, -0.25) is 9.69 Å². The van der Waals surface area contributed by atoms with Gasteiger partial charge in [-0.05, 0) is 32.9 Å². The number of carbonyl (C=O) groups excluding carboxylic acids is 1. The molecule has 1 saturated heterocycles. The highest BCUT2D eigenvalue weighted by Gasteiger charge is 2.35. The molecule has 1 unspecified atom stereocenters. The van der Waals surface area contributed by atoms with Crippen LogP contribution in [0.15, 0.2) is 12.1 Å². The van der Waals surface area contributed by atoms with Gasteiger partial charge in [0.05, 0.1) is 15.9 Å². The maximum atomic E-state index is 12.6. The number of nitrogens with one attached hydrogen (secondary N) is 2. The summed E-state index contributed by atoms with van der Waals surface area (Å²) < 4.78 is 0.752. The minimum Gasteiger partial charge on any atom is -0.347 e. The normalized spacial score (nSPS) is 18.8. The lowest BCUT2D eigenvalue weighted by Crippen LogP contribution is -2.60. The number of thiophene rings is 1. The van der Waals surface area contributed by atoms with E-state index in [2.05, 4.69) is 15.5 Å². The monoisotopic (exact) mass is 315 g/mol. The van der Waals surface area contributed by atoms with Gasteiger partial charge in [0.2, 0.25) is 5.91 Å². The lowest BCUT2D eigenvalue weighted by atomic mass is 10.00. The summed E-state index contributed by atoms with van der Waals surface area (Å²) in [5.74, 6) is 0.0661. The Bertz CT molecular complexity index is 469. The van der Waals surface area contributed by atoms with Crippen LogP contribution < -0.4 is 10.6 Å². The number of hydrogen-bond acceptors (Lipinski definition) is 4. The fraction of sp³-hybridized carbons (Fsp3) is 0.643. The van der Waals surface area contributed by atoms with Crippen molar-refractivity contribution >= 4 is 28.8 Å². The summed E-state index contributed by atoms with van der Waals surface area (Å²) in [7, 11) is 0. The molecule has 2 rings (SSSR count). The van der Waals surface area contributed by atoms with Gasteiger partial charge in [0, 0.05) is 31.1 Å². The zero-order valence-electron chi connectivity index (χ0n) is 12.2. The van der Waals surface area contributed by atoms with E-state index in [0.29, 0.717) is 0 Å². The zero-order chi connectivity index (χ0) is 14.8. The van der Waals surface area contributed by atoms with Crippen LogP contribution in [0.2, 0.25) is 4.34 Å². The molecular formula is C14H22ClN3OS. The molecule has 0 saturated carbocycles. The number of hydrogen-bond donors (Lipinski definition) is 2. The van der Waals surface area contributed by atoms with Gasteiger partial charge >= 0.3 is 0 Å². The molecule has 1 aromatic heterocycles. The molecule has 0 radical (unpaired) electrons. The molecule has 1 aromatic rings. The number of halogens is 1. The fourth-order valence-electron chi connectivity index (χ4n) is 2.37. The highest BCUT2D eigenvalue weighted by Crippen LogP contribution is 2.27. The number of piperazine rings is 1. The van der Waals surface area contributed by atoms with Crippen LogP contribution in [-0.4, -0.2) is 42.5 Å². The van der Waals surface area contributed by atoms with Crippen LogP contribution in [0.25, 0.3) is 0 Å². The molecule has 112 valence electrons. The Morgan fingerprint density at radius 1 is 1.45 bits per heavy atom. The summed E-state index contributed by atoms with van der Waals surface area (Å²) >= 11 is 7.45. The Labute approximate surface area is 129 Å². The summed E-state index contributed by atoms with van der Waals surface area (Å²) in [6.07, 6.45) is 0. The summed E-state index contributed by atoms with van der Waals surface area (Å²) in [4.78, 5) is 15.9. The molecule has 20 heavy (non-hydrogen) atoms. The molecular weight excluding hydrogens is 294 g/mol. The van der Waals surface area contributed by atoms with Crippen LogP contribution in [0.4, 0.5) is 0 Å². The molecule has 0 aliphatic carbocycles. The molecule has 4 nitrogen and oxygen atoms in total. The van der Waals surface area contributed by atoms with Crippen LogP contribution >= 0.6 is 22.9 Å². The second-order valence-corrected chi connectivity index (χ2v) is 7.38. The average molecular weight is 316 g/mol. The first-order chi connectivity index (χ1) is 9.41. The summed E-state index contributed by atoms with van der Waals surface area (Å²) in [6.45, 7) is 9.65. The quantitative estimate of drug-likeness (QED) is 0.896. The van der Waals surface area contributed by atoms with Crippen LogP contribution in [0.1, 0.15) is 31.7 Å². The standard InChI is InChI=1S/C14H22ClN3OS/c1-10(11-4-5-12(15)20-11)17-13(19)14(2,3)18-8-6-16-7-9-18/h4-5,10,16H,6-9H2,1-3H3,(H,17,19). The minimum atomic E-state index is -0.489. The Morgan fingerprint density at radius 3 is 2.65 bits per heavy atom. The van der Waals surface area contributed by atoms with Gasteiger partial charge in [0.15, 0.2) is 0 Å². The smallest absolute Gasteiger partial charge is 0.240 e. The molecule has 2 N–H and O–H groups in total. The first kappa shape index (κ1) is 15.8. The van der Waals surface area contributed by atoms with Crippen molar-refractivity contribution in [3.05, 3.63) is 21.3 Å². The number of rotatable bonds is 4. The van der Waals surface area contributed by atoms with E-state index in [0.717, 1.165) is 35.4 Å². The van der Waals surface area contributed by atoms with E-state index in [4.69, 9.17) is 11.6 Å². The average Bonchev–Trinajstić information content (AvgIpc) is 2.86. The van der Waals surface area contributed by atoms with E-state index < -0.39 is 5.54 Å². The molecule has 1 amide bonds. The summed E-state index contributed by atoms with van der Waals surface area (Å²) in [6, 6.07) is 3.82. The van der Waals surface area contributed by atoms with Gasteiger partial charge in [-0.15, -0.1) is 11.3 Å². The van der Waals surface area contributed by atoms with Crippen molar-refractivity contribution in [2.45, 2.75) is 32.4 Å². The third kappa shape index (κ3) is 3.52.